The van der Waals surface area contributed by atoms with Crippen LogP contribution >= 0.6 is 0 Å². The summed E-state index contributed by atoms with van der Waals surface area (Å²) in [6.07, 6.45) is 3.39. The Kier molecular flexibility index (Phi) is 5.03. The number of piperazine rings is 1. The molecule has 0 bridgehead atoms. The van der Waals surface area contributed by atoms with Crippen LogP contribution in [0.5, 0.6) is 5.75 Å². The topological polar surface area (TPSA) is 92.1 Å². The van der Waals surface area contributed by atoms with Gasteiger partial charge in [0.25, 0.3) is 0 Å². The quantitative estimate of drug-likeness (QED) is 0.696. The first-order valence-electron chi connectivity index (χ1n) is 8.28. The lowest BCUT2D eigenvalue weighted by atomic mass is 10.1. The molecule has 0 spiro atoms. The van der Waals surface area contributed by atoms with Gasteiger partial charge in [0.2, 0.25) is 5.79 Å². The van der Waals surface area contributed by atoms with E-state index in [4.69, 9.17) is 16.2 Å². The normalized spacial score (nSPS) is 25.2. The SMILES string of the molecule is CN1CCN(CCOc2ccc(C3(N)N=C(N)C=CN3)cc2)CC1. The Balaban J connectivity index is 1.51. The smallest absolute Gasteiger partial charge is 0.211 e. The van der Waals surface area contributed by atoms with Crippen molar-refractivity contribution in [3.63, 3.8) is 0 Å². The molecule has 1 fully saturated rings. The molecule has 7 heteroatoms. The van der Waals surface area contributed by atoms with E-state index < -0.39 is 5.79 Å². The fourth-order valence-corrected chi connectivity index (χ4v) is 2.84. The standard InChI is InChI=1S/C17H26N6O/c1-22-8-10-23(11-9-22)12-13-24-15-4-2-14(3-5-15)17(19)20-7-6-16(18)21-17/h2-7,20H,8-13,19H2,1H3,(H2,18,21). The summed E-state index contributed by atoms with van der Waals surface area (Å²) in [5.41, 5.74) is 12.8. The molecule has 130 valence electrons. The first kappa shape index (κ1) is 16.8. The van der Waals surface area contributed by atoms with Crippen LogP contribution in [0.1, 0.15) is 5.56 Å². The maximum Gasteiger partial charge on any atom is 0.211 e. The molecule has 1 saturated heterocycles. The average molecular weight is 330 g/mol. The van der Waals surface area contributed by atoms with E-state index in [1.807, 2.05) is 24.3 Å². The van der Waals surface area contributed by atoms with Crippen molar-refractivity contribution in [1.82, 2.24) is 15.1 Å². The summed E-state index contributed by atoms with van der Waals surface area (Å²) in [6.45, 7) is 6.09. The van der Waals surface area contributed by atoms with Gasteiger partial charge in [0.1, 0.15) is 18.2 Å². The van der Waals surface area contributed by atoms with E-state index in [2.05, 4.69) is 27.2 Å². The molecule has 0 radical (unpaired) electrons. The molecule has 2 aliphatic heterocycles. The van der Waals surface area contributed by atoms with E-state index in [-0.39, 0.29) is 0 Å². The van der Waals surface area contributed by atoms with Gasteiger partial charge < -0.3 is 20.7 Å². The van der Waals surface area contributed by atoms with Gasteiger partial charge in [-0.15, -0.1) is 0 Å². The number of amidine groups is 1. The monoisotopic (exact) mass is 330 g/mol. The van der Waals surface area contributed by atoms with Crippen LogP contribution in [-0.4, -0.2) is 62.0 Å². The molecule has 1 unspecified atom stereocenters. The molecule has 0 amide bonds. The molecule has 1 aromatic rings. The Morgan fingerprint density at radius 1 is 1.21 bits per heavy atom. The molecule has 7 nitrogen and oxygen atoms in total. The fraction of sp³-hybridized carbons (Fsp3) is 0.471. The van der Waals surface area contributed by atoms with Crippen LogP contribution in [0.2, 0.25) is 0 Å². The van der Waals surface area contributed by atoms with Crippen LogP contribution in [0.15, 0.2) is 41.5 Å². The molecule has 0 aromatic heterocycles. The average Bonchev–Trinajstić information content (AvgIpc) is 2.57. The predicted molar refractivity (Wildman–Crippen MR) is 95.6 cm³/mol. The van der Waals surface area contributed by atoms with Gasteiger partial charge >= 0.3 is 0 Å². The lowest BCUT2D eigenvalue weighted by molar-refractivity contribution is 0.133. The Morgan fingerprint density at radius 2 is 1.92 bits per heavy atom. The third-order valence-corrected chi connectivity index (χ3v) is 4.43. The van der Waals surface area contributed by atoms with Crippen LogP contribution in [0.25, 0.3) is 0 Å². The highest BCUT2D eigenvalue weighted by atomic mass is 16.5. The maximum atomic E-state index is 6.25. The fourth-order valence-electron chi connectivity index (χ4n) is 2.84. The Morgan fingerprint density at radius 3 is 2.58 bits per heavy atom. The van der Waals surface area contributed by atoms with E-state index in [9.17, 15) is 0 Å². The van der Waals surface area contributed by atoms with Crippen molar-refractivity contribution in [2.45, 2.75) is 5.79 Å². The van der Waals surface area contributed by atoms with Gasteiger partial charge in [-0.3, -0.25) is 10.6 Å². The Bertz CT molecular complexity index is 606. The molecule has 24 heavy (non-hydrogen) atoms. The summed E-state index contributed by atoms with van der Waals surface area (Å²) in [4.78, 5) is 9.05. The zero-order chi connectivity index (χ0) is 17.0. The van der Waals surface area contributed by atoms with Crippen LogP contribution in [0.3, 0.4) is 0 Å². The van der Waals surface area contributed by atoms with Crippen LogP contribution < -0.4 is 21.5 Å². The van der Waals surface area contributed by atoms with Crippen molar-refractivity contribution in [2.24, 2.45) is 16.5 Å². The lowest BCUT2D eigenvalue weighted by Gasteiger charge is -2.32. The van der Waals surface area contributed by atoms with Gasteiger partial charge in [0.05, 0.1) is 0 Å². The number of hydrogen-bond donors (Lipinski definition) is 3. The molecule has 2 aliphatic rings. The van der Waals surface area contributed by atoms with Crippen molar-refractivity contribution in [1.29, 1.82) is 0 Å². The molecule has 2 heterocycles. The minimum Gasteiger partial charge on any atom is -0.492 e. The number of aliphatic imine (C=N–C) groups is 1. The lowest BCUT2D eigenvalue weighted by Crippen LogP contribution is -2.49. The number of nitrogens with one attached hydrogen (secondary N) is 1. The van der Waals surface area contributed by atoms with Crippen molar-refractivity contribution < 1.29 is 4.74 Å². The van der Waals surface area contributed by atoms with Gasteiger partial charge in [0.15, 0.2) is 0 Å². The highest BCUT2D eigenvalue weighted by molar-refractivity contribution is 5.92. The molecule has 1 aromatic carbocycles. The van der Waals surface area contributed by atoms with Crippen molar-refractivity contribution in [2.75, 3.05) is 46.4 Å². The number of ether oxygens (including phenoxy) is 1. The molecule has 5 N–H and O–H groups in total. The summed E-state index contributed by atoms with van der Waals surface area (Å²) >= 11 is 0. The second-order valence-corrected chi connectivity index (χ2v) is 6.30. The van der Waals surface area contributed by atoms with Crippen LogP contribution in [-0.2, 0) is 5.79 Å². The number of rotatable bonds is 5. The summed E-state index contributed by atoms with van der Waals surface area (Å²) in [6, 6.07) is 7.65. The summed E-state index contributed by atoms with van der Waals surface area (Å²) in [7, 11) is 2.16. The highest BCUT2D eigenvalue weighted by Crippen LogP contribution is 2.22. The van der Waals surface area contributed by atoms with Gasteiger partial charge in [-0.05, 0) is 37.4 Å². The zero-order valence-corrected chi connectivity index (χ0v) is 14.1. The Labute approximate surface area is 143 Å². The molecule has 3 rings (SSSR count). The van der Waals surface area contributed by atoms with Gasteiger partial charge in [-0.1, -0.05) is 0 Å². The van der Waals surface area contributed by atoms with Crippen LogP contribution in [0.4, 0.5) is 0 Å². The van der Waals surface area contributed by atoms with E-state index in [0.29, 0.717) is 12.4 Å². The highest BCUT2D eigenvalue weighted by Gasteiger charge is 2.27. The van der Waals surface area contributed by atoms with Crippen LogP contribution in [0, 0.1) is 0 Å². The number of nitrogens with zero attached hydrogens (tertiary/aromatic N) is 3. The zero-order valence-electron chi connectivity index (χ0n) is 14.1. The van der Waals surface area contributed by atoms with Crippen molar-refractivity contribution >= 4 is 5.84 Å². The first-order chi connectivity index (χ1) is 11.5. The molecule has 0 aliphatic carbocycles. The summed E-state index contributed by atoms with van der Waals surface area (Å²) in [5, 5.41) is 3.03. The molecular formula is C17H26N6O. The van der Waals surface area contributed by atoms with Crippen molar-refractivity contribution in [3.05, 3.63) is 42.1 Å². The third-order valence-electron chi connectivity index (χ3n) is 4.43. The minimum absolute atomic E-state index is 0.406. The van der Waals surface area contributed by atoms with E-state index in [0.717, 1.165) is 44.0 Å². The van der Waals surface area contributed by atoms with E-state index >= 15 is 0 Å². The van der Waals surface area contributed by atoms with Gasteiger partial charge in [0, 0.05) is 44.5 Å². The molecule has 1 atom stereocenters. The first-order valence-corrected chi connectivity index (χ1v) is 8.28. The second-order valence-electron chi connectivity index (χ2n) is 6.30. The summed E-state index contributed by atoms with van der Waals surface area (Å²) < 4.78 is 5.84. The number of benzene rings is 1. The van der Waals surface area contributed by atoms with E-state index in [1.165, 1.54) is 0 Å². The summed E-state index contributed by atoms with van der Waals surface area (Å²) in [5.74, 6) is 0.223. The Hall–Kier alpha value is -2.09. The van der Waals surface area contributed by atoms with E-state index in [1.54, 1.807) is 12.3 Å². The largest absolute Gasteiger partial charge is 0.492 e. The van der Waals surface area contributed by atoms with Crippen molar-refractivity contribution in [3.8, 4) is 5.75 Å². The van der Waals surface area contributed by atoms with Gasteiger partial charge in [-0.25, -0.2) is 4.99 Å². The molecular weight excluding hydrogens is 304 g/mol. The van der Waals surface area contributed by atoms with Gasteiger partial charge in [-0.2, -0.15) is 0 Å². The second kappa shape index (κ2) is 7.21. The third kappa shape index (κ3) is 4.05. The maximum absolute atomic E-state index is 6.25. The predicted octanol–water partition coefficient (Wildman–Crippen LogP) is -0.144. The molecule has 0 saturated carbocycles. The number of likely N-dealkylation sites (N-methyl/N-ethyl adjacent to an activating group) is 1. The minimum atomic E-state index is -1.02. The number of nitrogens with two attached hydrogens (primary N) is 2. The number of hydrogen-bond acceptors (Lipinski definition) is 7.